The van der Waals surface area contributed by atoms with E-state index in [0.717, 1.165) is 74.2 Å². The number of benzene rings is 2. The maximum absolute atomic E-state index is 15.9. The lowest BCUT2D eigenvalue weighted by molar-refractivity contribution is -0.0722. The van der Waals surface area contributed by atoms with Crippen molar-refractivity contribution < 1.29 is 14.6 Å². The topological polar surface area (TPSA) is 43.7 Å². The molecule has 2 saturated carbocycles. The van der Waals surface area contributed by atoms with Crippen LogP contribution in [-0.4, -0.2) is 47.5 Å². The molecule has 38 heavy (non-hydrogen) atoms. The zero-order valence-corrected chi connectivity index (χ0v) is 23.8. The van der Waals surface area contributed by atoms with Gasteiger partial charge in [-0.2, -0.15) is 0 Å². The Labute approximate surface area is 233 Å². The van der Waals surface area contributed by atoms with E-state index < -0.39 is 6.17 Å². The number of hydrogen-bond acceptors (Lipinski definition) is 3. The van der Waals surface area contributed by atoms with Gasteiger partial charge in [-0.1, -0.05) is 49.6 Å². The Hall–Kier alpha value is -1.62. The van der Waals surface area contributed by atoms with Gasteiger partial charge >= 0.3 is 0 Å². The molecule has 3 aliphatic rings. The van der Waals surface area contributed by atoms with Crippen LogP contribution < -0.4 is 0 Å². The number of rotatable bonds is 10. The molecule has 5 rings (SSSR count). The second kappa shape index (κ2) is 11.9. The summed E-state index contributed by atoms with van der Waals surface area (Å²) in [5.41, 5.74) is 3.29. The van der Waals surface area contributed by atoms with Crippen LogP contribution in [0.4, 0.5) is 4.39 Å². The van der Waals surface area contributed by atoms with E-state index in [1.165, 1.54) is 18.4 Å². The number of aliphatic hydroxyl groups is 1. The molecule has 2 N–H and O–H groups in total. The molecular weight excluding hydrogens is 497 g/mol. The van der Waals surface area contributed by atoms with Gasteiger partial charge in [0.25, 0.3) is 0 Å². The van der Waals surface area contributed by atoms with E-state index in [2.05, 4.69) is 31.0 Å². The maximum Gasteiger partial charge on any atom is 0.115 e. The normalized spacial score (nSPS) is 32.2. The Bertz CT molecular complexity index is 1080. The lowest BCUT2D eigenvalue weighted by atomic mass is 9.51. The highest BCUT2D eigenvalue weighted by atomic mass is 35.5. The molecule has 2 aromatic carbocycles. The first kappa shape index (κ1) is 27.9. The Balaban J connectivity index is 1.15. The molecule has 0 bridgehead atoms. The van der Waals surface area contributed by atoms with Crippen LogP contribution >= 0.6 is 11.6 Å². The number of aromatic hydroxyl groups is 1. The summed E-state index contributed by atoms with van der Waals surface area (Å²) < 4.78 is 15.9. The number of phenols is 1. The summed E-state index contributed by atoms with van der Waals surface area (Å²) in [7, 11) is 2.21. The molecular formula is C33H45ClFNO2. The van der Waals surface area contributed by atoms with Gasteiger partial charge in [-0.15, -0.1) is 0 Å². The van der Waals surface area contributed by atoms with Crippen molar-refractivity contribution in [1.82, 2.24) is 4.90 Å². The second-order valence-corrected chi connectivity index (χ2v) is 13.2. The van der Waals surface area contributed by atoms with Gasteiger partial charge in [0.05, 0.1) is 6.10 Å². The standard InChI is InChI=1S/C33H45ClFNO2/c1-33-21-29(35)32-27-14-13-26(37)20-24(27)19-23(31(32)28(33)15-16-30(33)38)8-4-3-5-17-36(2)18-6-7-22-9-11-25(34)12-10-22/h9-14,20,23,28-32,37-38H,3-8,15-19,21H2,1-2H3/t23-,28+,29+,30+,31+,32+,33+/m1/s1. The molecule has 0 amide bonds. The molecule has 0 heterocycles. The molecule has 0 spiro atoms. The highest BCUT2D eigenvalue weighted by molar-refractivity contribution is 6.30. The van der Waals surface area contributed by atoms with E-state index >= 15 is 4.39 Å². The molecule has 2 fully saturated rings. The van der Waals surface area contributed by atoms with Crippen molar-refractivity contribution >= 4 is 11.6 Å². The summed E-state index contributed by atoms with van der Waals surface area (Å²) in [6.07, 6.45) is 8.72. The van der Waals surface area contributed by atoms with E-state index in [1.54, 1.807) is 6.07 Å². The summed E-state index contributed by atoms with van der Waals surface area (Å²) in [6.45, 7) is 4.34. The largest absolute Gasteiger partial charge is 0.508 e. The van der Waals surface area contributed by atoms with Crippen LogP contribution in [-0.2, 0) is 12.8 Å². The first-order valence-electron chi connectivity index (χ1n) is 14.8. The summed E-state index contributed by atoms with van der Waals surface area (Å²) in [5.74, 6) is 1.27. The minimum Gasteiger partial charge on any atom is -0.508 e. The third-order valence-corrected chi connectivity index (χ3v) is 10.6. The van der Waals surface area contributed by atoms with Gasteiger partial charge in [-0.25, -0.2) is 4.39 Å². The van der Waals surface area contributed by atoms with Gasteiger partial charge in [0.15, 0.2) is 0 Å². The third kappa shape index (κ3) is 5.78. The molecule has 0 aliphatic heterocycles. The number of halogens is 2. The summed E-state index contributed by atoms with van der Waals surface area (Å²) in [5, 5.41) is 21.8. The van der Waals surface area contributed by atoms with Gasteiger partial charge in [-0.05, 0) is 136 Å². The molecule has 0 radical (unpaired) electrons. The summed E-state index contributed by atoms with van der Waals surface area (Å²) in [6, 6.07) is 13.7. The van der Waals surface area contributed by atoms with Gasteiger partial charge in [-0.3, -0.25) is 0 Å². The van der Waals surface area contributed by atoms with Gasteiger partial charge in [0.1, 0.15) is 11.9 Å². The van der Waals surface area contributed by atoms with E-state index in [-0.39, 0.29) is 29.1 Å². The third-order valence-electron chi connectivity index (χ3n) is 10.3. The number of aryl methyl sites for hydroxylation is 1. The SMILES string of the molecule is CN(CCCCC[C@@H]1Cc2cc(O)ccc2[C@@H]2[C@@H]1[C@@H]1CC[C@H](O)[C@@]1(C)C[C@@H]2F)CCCc1ccc(Cl)cc1. The van der Waals surface area contributed by atoms with Crippen LogP contribution in [0.3, 0.4) is 0 Å². The van der Waals surface area contributed by atoms with Crippen LogP contribution in [0.25, 0.3) is 0 Å². The van der Waals surface area contributed by atoms with Gasteiger partial charge < -0.3 is 15.1 Å². The minimum absolute atomic E-state index is 0.0977. The van der Waals surface area contributed by atoms with Crippen LogP contribution in [0.2, 0.25) is 5.02 Å². The number of hydrogen-bond donors (Lipinski definition) is 2. The average Bonchev–Trinajstić information content (AvgIpc) is 3.18. The first-order valence-corrected chi connectivity index (χ1v) is 15.2. The molecule has 2 aromatic rings. The second-order valence-electron chi connectivity index (χ2n) is 12.8. The Kier molecular flexibility index (Phi) is 8.72. The molecule has 0 unspecified atom stereocenters. The highest BCUT2D eigenvalue weighted by Gasteiger charge is 2.59. The zero-order chi connectivity index (χ0) is 26.9. The van der Waals surface area contributed by atoms with Gasteiger partial charge in [0, 0.05) is 10.9 Å². The van der Waals surface area contributed by atoms with Crippen molar-refractivity contribution in [2.24, 2.45) is 23.2 Å². The fourth-order valence-corrected chi connectivity index (χ4v) is 8.44. The Morgan fingerprint density at radius 3 is 2.58 bits per heavy atom. The summed E-state index contributed by atoms with van der Waals surface area (Å²) >= 11 is 5.99. The van der Waals surface area contributed by atoms with Gasteiger partial charge in [0.2, 0.25) is 0 Å². The lowest BCUT2D eigenvalue weighted by Gasteiger charge is -2.54. The molecule has 5 heteroatoms. The summed E-state index contributed by atoms with van der Waals surface area (Å²) in [4.78, 5) is 2.44. The van der Waals surface area contributed by atoms with Crippen molar-refractivity contribution in [1.29, 1.82) is 0 Å². The van der Waals surface area contributed by atoms with Crippen LogP contribution in [0, 0.1) is 23.2 Å². The van der Waals surface area contributed by atoms with Crippen LogP contribution in [0.5, 0.6) is 5.75 Å². The van der Waals surface area contributed by atoms with Crippen molar-refractivity contribution in [3.05, 3.63) is 64.2 Å². The van der Waals surface area contributed by atoms with Crippen molar-refractivity contribution in [2.75, 3.05) is 20.1 Å². The van der Waals surface area contributed by atoms with Crippen molar-refractivity contribution in [3.63, 3.8) is 0 Å². The first-order chi connectivity index (χ1) is 18.3. The fourth-order valence-electron chi connectivity index (χ4n) is 8.31. The minimum atomic E-state index is -0.929. The van der Waals surface area contributed by atoms with Crippen LogP contribution in [0.15, 0.2) is 42.5 Å². The molecule has 3 aliphatic carbocycles. The predicted molar refractivity (Wildman–Crippen MR) is 154 cm³/mol. The molecule has 208 valence electrons. The van der Waals surface area contributed by atoms with E-state index in [4.69, 9.17) is 11.6 Å². The number of fused-ring (bicyclic) bond motifs is 5. The smallest absolute Gasteiger partial charge is 0.115 e. The number of phenolic OH excluding ortho intramolecular Hbond substituents is 1. The molecule has 7 atom stereocenters. The number of unbranched alkanes of at least 4 members (excludes halogenated alkanes) is 2. The average molecular weight is 542 g/mol. The quantitative estimate of drug-likeness (QED) is 0.305. The molecule has 3 nitrogen and oxygen atoms in total. The fraction of sp³-hybridized carbons (Fsp3) is 0.636. The number of alkyl halides is 1. The van der Waals surface area contributed by atoms with E-state index in [0.29, 0.717) is 18.3 Å². The van der Waals surface area contributed by atoms with Crippen molar-refractivity contribution in [3.8, 4) is 5.75 Å². The van der Waals surface area contributed by atoms with E-state index in [1.807, 2.05) is 24.3 Å². The number of aliphatic hydroxyl groups excluding tert-OH is 1. The van der Waals surface area contributed by atoms with Crippen molar-refractivity contribution in [2.45, 2.75) is 89.3 Å². The predicted octanol–water partition coefficient (Wildman–Crippen LogP) is 7.56. The van der Waals surface area contributed by atoms with E-state index in [9.17, 15) is 10.2 Å². The molecule has 0 saturated heterocycles. The Morgan fingerprint density at radius 1 is 1.03 bits per heavy atom. The maximum atomic E-state index is 15.9. The lowest BCUT2D eigenvalue weighted by Crippen LogP contribution is -2.51. The zero-order valence-electron chi connectivity index (χ0n) is 23.1. The highest BCUT2D eigenvalue weighted by Crippen LogP contribution is 2.63. The number of nitrogens with zero attached hydrogens (tertiary/aromatic N) is 1. The monoisotopic (exact) mass is 541 g/mol. The Morgan fingerprint density at radius 2 is 1.79 bits per heavy atom. The molecule has 0 aromatic heterocycles. The van der Waals surface area contributed by atoms with Crippen LogP contribution in [0.1, 0.15) is 80.9 Å².